The van der Waals surface area contributed by atoms with Gasteiger partial charge in [0.1, 0.15) is 6.04 Å². The van der Waals surface area contributed by atoms with Gasteiger partial charge in [0, 0.05) is 19.0 Å². The Balaban J connectivity index is 2.45. The van der Waals surface area contributed by atoms with Gasteiger partial charge in [-0.1, -0.05) is 6.08 Å². The molecule has 0 aromatic rings. The van der Waals surface area contributed by atoms with Crippen LogP contribution in [0.15, 0.2) is 12.2 Å². The number of amides is 1. The van der Waals surface area contributed by atoms with Crippen molar-refractivity contribution in [2.24, 2.45) is 0 Å². The van der Waals surface area contributed by atoms with Crippen LogP contribution in [0.5, 0.6) is 0 Å². The smallest absolute Gasteiger partial charge is 0.330 e. The highest BCUT2D eigenvalue weighted by Crippen LogP contribution is 2.17. The Kier molecular flexibility index (Phi) is 6.05. The summed E-state index contributed by atoms with van der Waals surface area (Å²) in [7, 11) is 0. The van der Waals surface area contributed by atoms with Gasteiger partial charge in [-0.25, -0.2) is 9.59 Å². The van der Waals surface area contributed by atoms with E-state index in [4.69, 9.17) is 9.84 Å². The number of carboxylic acid groups (broad SMARTS) is 1. The summed E-state index contributed by atoms with van der Waals surface area (Å²) in [5.41, 5.74) is 0. The maximum absolute atomic E-state index is 11.5. The number of carboxylic acids is 1. The molecule has 0 aromatic heterocycles. The Morgan fingerprint density at radius 2 is 2.26 bits per heavy atom. The van der Waals surface area contributed by atoms with E-state index in [0.717, 1.165) is 0 Å². The number of esters is 1. The highest BCUT2D eigenvalue weighted by atomic mass is 16.5. The summed E-state index contributed by atoms with van der Waals surface area (Å²) in [6, 6.07) is -0.804. The van der Waals surface area contributed by atoms with Crippen LogP contribution in [0.2, 0.25) is 0 Å². The molecule has 106 valence electrons. The molecule has 1 N–H and O–H groups in total. The molecule has 0 unspecified atom stereocenters. The zero-order valence-electron chi connectivity index (χ0n) is 11.0. The van der Waals surface area contributed by atoms with Crippen LogP contribution in [-0.2, 0) is 19.1 Å². The average molecular weight is 269 g/mol. The second-order valence-electron chi connectivity index (χ2n) is 4.28. The van der Waals surface area contributed by atoms with Gasteiger partial charge in [-0.3, -0.25) is 4.79 Å². The number of allylic oxidation sites excluding steroid dienone is 1. The summed E-state index contributed by atoms with van der Waals surface area (Å²) in [5.74, 6) is -1.55. The lowest BCUT2D eigenvalue weighted by molar-refractivity contribution is -0.148. The normalized spacial score (nSPS) is 16.9. The summed E-state index contributed by atoms with van der Waals surface area (Å²) in [4.78, 5) is 35.1. The van der Waals surface area contributed by atoms with Crippen molar-refractivity contribution in [1.29, 1.82) is 0 Å². The summed E-state index contributed by atoms with van der Waals surface area (Å²) in [6.45, 7) is 2.52. The molecule has 1 heterocycles. The van der Waals surface area contributed by atoms with Crippen molar-refractivity contribution >= 4 is 17.8 Å². The number of rotatable bonds is 7. The lowest BCUT2D eigenvalue weighted by atomic mass is 10.1. The fourth-order valence-electron chi connectivity index (χ4n) is 2.04. The standard InChI is InChI=1S/C13H19NO5/c1-2-19-12(16)8-4-3-6-10(13(17)18)14-9-5-7-11(14)15/h4,8,10H,2-3,5-7,9H2,1H3,(H,17,18)/b8-4+/t10-/m0/s1. The van der Waals surface area contributed by atoms with Gasteiger partial charge in [-0.2, -0.15) is 0 Å². The molecular formula is C13H19NO5. The number of aliphatic carboxylic acids is 1. The van der Waals surface area contributed by atoms with E-state index in [1.165, 1.54) is 11.0 Å². The van der Waals surface area contributed by atoms with Crippen molar-refractivity contribution < 1.29 is 24.2 Å². The van der Waals surface area contributed by atoms with Crippen LogP contribution >= 0.6 is 0 Å². The number of nitrogens with zero attached hydrogens (tertiary/aromatic N) is 1. The minimum atomic E-state index is -1.00. The first-order valence-electron chi connectivity index (χ1n) is 6.41. The summed E-state index contributed by atoms with van der Waals surface area (Å²) < 4.78 is 4.71. The van der Waals surface area contributed by atoms with E-state index in [9.17, 15) is 14.4 Å². The van der Waals surface area contributed by atoms with Crippen molar-refractivity contribution in [3.05, 3.63) is 12.2 Å². The van der Waals surface area contributed by atoms with E-state index in [-0.39, 0.29) is 5.91 Å². The van der Waals surface area contributed by atoms with Crippen LogP contribution in [-0.4, -0.2) is 47.0 Å². The van der Waals surface area contributed by atoms with Crippen LogP contribution in [0.4, 0.5) is 0 Å². The molecule has 6 nitrogen and oxygen atoms in total. The molecule has 0 aliphatic carbocycles. The first kappa shape index (κ1) is 15.2. The van der Waals surface area contributed by atoms with Gasteiger partial charge in [-0.15, -0.1) is 0 Å². The molecular weight excluding hydrogens is 250 g/mol. The Hall–Kier alpha value is -1.85. The lowest BCUT2D eigenvalue weighted by Gasteiger charge is -2.23. The molecule has 1 fully saturated rings. The quantitative estimate of drug-likeness (QED) is 0.549. The number of hydrogen-bond donors (Lipinski definition) is 1. The SMILES string of the molecule is CCOC(=O)/C=C/CC[C@@H](C(=O)O)N1CCCC1=O. The molecule has 1 rings (SSSR count). The third-order valence-corrected chi connectivity index (χ3v) is 2.92. The Labute approximate surface area is 112 Å². The van der Waals surface area contributed by atoms with Crippen LogP contribution in [0.25, 0.3) is 0 Å². The van der Waals surface area contributed by atoms with Gasteiger partial charge in [0.2, 0.25) is 5.91 Å². The molecule has 1 amide bonds. The van der Waals surface area contributed by atoms with E-state index in [1.807, 2.05) is 0 Å². The van der Waals surface area contributed by atoms with E-state index >= 15 is 0 Å². The van der Waals surface area contributed by atoms with Gasteiger partial charge >= 0.3 is 11.9 Å². The molecule has 0 saturated carbocycles. The van der Waals surface area contributed by atoms with Gasteiger partial charge in [0.15, 0.2) is 0 Å². The number of carbonyl (C=O) groups is 3. The van der Waals surface area contributed by atoms with Crippen molar-refractivity contribution in [2.75, 3.05) is 13.2 Å². The third kappa shape index (κ3) is 4.73. The maximum Gasteiger partial charge on any atom is 0.330 e. The van der Waals surface area contributed by atoms with Crippen LogP contribution in [0.3, 0.4) is 0 Å². The predicted octanol–water partition coefficient (Wildman–Crippen LogP) is 0.961. The first-order valence-corrected chi connectivity index (χ1v) is 6.41. The first-order chi connectivity index (χ1) is 9.06. The number of carbonyl (C=O) groups excluding carboxylic acids is 2. The largest absolute Gasteiger partial charge is 0.480 e. The van der Waals surface area contributed by atoms with Gasteiger partial charge in [0.05, 0.1) is 6.61 Å². The summed E-state index contributed by atoms with van der Waals surface area (Å²) >= 11 is 0. The van der Waals surface area contributed by atoms with Crippen molar-refractivity contribution in [3.8, 4) is 0 Å². The van der Waals surface area contributed by atoms with E-state index in [2.05, 4.69) is 0 Å². The number of ether oxygens (including phenoxy) is 1. The Morgan fingerprint density at radius 1 is 1.53 bits per heavy atom. The molecule has 0 bridgehead atoms. The fraction of sp³-hybridized carbons (Fsp3) is 0.615. The minimum absolute atomic E-state index is 0.109. The summed E-state index contributed by atoms with van der Waals surface area (Å²) in [6.07, 6.45) is 4.71. The molecule has 1 saturated heterocycles. The Morgan fingerprint density at radius 3 is 2.79 bits per heavy atom. The molecule has 1 aliphatic rings. The molecule has 0 spiro atoms. The topological polar surface area (TPSA) is 83.9 Å². The van der Waals surface area contributed by atoms with E-state index in [0.29, 0.717) is 38.8 Å². The van der Waals surface area contributed by atoms with Crippen molar-refractivity contribution in [3.63, 3.8) is 0 Å². The zero-order chi connectivity index (χ0) is 14.3. The molecule has 0 aromatic carbocycles. The maximum atomic E-state index is 11.5. The predicted molar refractivity (Wildman–Crippen MR) is 67.4 cm³/mol. The number of hydrogen-bond acceptors (Lipinski definition) is 4. The highest BCUT2D eigenvalue weighted by molar-refractivity contribution is 5.85. The lowest BCUT2D eigenvalue weighted by Crippen LogP contribution is -2.41. The van der Waals surface area contributed by atoms with Crippen LogP contribution < -0.4 is 0 Å². The average Bonchev–Trinajstić information content (AvgIpc) is 2.75. The van der Waals surface area contributed by atoms with E-state index < -0.39 is 18.0 Å². The number of likely N-dealkylation sites (tertiary alicyclic amines) is 1. The minimum Gasteiger partial charge on any atom is -0.480 e. The van der Waals surface area contributed by atoms with Crippen molar-refractivity contribution in [2.45, 2.75) is 38.6 Å². The molecule has 0 radical (unpaired) electrons. The van der Waals surface area contributed by atoms with Gasteiger partial charge in [-0.05, 0) is 26.2 Å². The monoisotopic (exact) mass is 269 g/mol. The zero-order valence-corrected chi connectivity index (χ0v) is 11.0. The van der Waals surface area contributed by atoms with E-state index in [1.54, 1.807) is 13.0 Å². The molecule has 6 heteroatoms. The highest BCUT2D eigenvalue weighted by Gasteiger charge is 2.31. The fourth-order valence-corrected chi connectivity index (χ4v) is 2.04. The summed E-state index contributed by atoms with van der Waals surface area (Å²) in [5, 5.41) is 9.13. The van der Waals surface area contributed by atoms with Gasteiger partial charge in [0.25, 0.3) is 0 Å². The van der Waals surface area contributed by atoms with Crippen molar-refractivity contribution in [1.82, 2.24) is 4.90 Å². The van der Waals surface area contributed by atoms with Crippen LogP contribution in [0.1, 0.15) is 32.6 Å². The third-order valence-electron chi connectivity index (χ3n) is 2.92. The second kappa shape index (κ2) is 7.56. The van der Waals surface area contributed by atoms with Crippen LogP contribution in [0, 0.1) is 0 Å². The molecule has 1 aliphatic heterocycles. The second-order valence-corrected chi connectivity index (χ2v) is 4.28. The van der Waals surface area contributed by atoms with Gasteiger partial charge < -0.3 is 14.7 Å². The molecule has 19 heavy (non-hydrogen) atoms. The molecule has 1 atom stereocenters. The Bertz CT molecular complexity index is 377.